The number of nitrogens with zero attached hydrogens (tertiary/aromatic N) is 1. The van der Waals surface area contributed by atoms with E-state index in [0.29, 0.717) is 12.2 Å². The average molecular weight is 291 g/mol. The Bertz CT molecular complexity index is 452. The van der Waals surface area contributed by atoms with E-state index in [4.69, 9.17) is 4.74 Å². The Hall–Kier alpha value is -1.55. The van der Waals surface area contributed by atoms with Crippen LogP contribution in [-0.4, -0.2) is 35.1 Å². The lowest BCUT2D eigenvalue weighted by Gasteiger charge is -2.29. The molecule has 21 heavy (non-hydrogen) atoms. The quantitative estimate of drug-likeness (QED) is 0.907. The largest absolute Gasteiger partial charge is 0.481 e. The molecule has 116 valence electrons. The molecule has 1 aliphatic heterocycles. The van der Waals surface area contributed by atoms with E-state index in [-0.39, 0.29) is 5.91 Å². The van der Waals surface area contributed by atoms with E-state index in [0.717, 1.165) is 31.5 Å². The van der Waals surface area contributed by atoms with Crippen molar-refractivity contribution >= 4 is 5.91 Å². The van der Waals surface area contributed by atoms with Crippen LogP contribution in [0.4, 0.5) is 0 Å². The summed E-state index contributed by atoms with van der Waals surface area (Å²) >= 11 is 0. The van der Waals surface area contributed by atoms with Crippen LogP contribution in [0.5, 0.6) is 5.75 Å². The van der Waals surface area contributed by atoms with Gasteiger partial charge < -0.3 is 14.7 Å². The Morgan fingerprint density at radius 1 is 1.24 bits per heavy atom. The molecular formula is C17H25NO3. The fourth-order valence-corrected chi connectivity index (χ4v) is 2.63. The van der Waals surface area contributed by atoms with Crippen molar-refractivity contribution in [3.8, 4) is 5.75 Å². The monoisotopic (exact) mass is 291 g/mol. The number of hydrogen-bond acceptors (Lipinski definition) is 3. The highest BCUT2D eigenvalue weighted by atomic mass is 16.5. The number of aliphatic hydroxyl groups is 1. The number of ether oxygens (including phenoxy) is 1. The van der Waals surface area contributed by atoms with Crippen molar-refractivity contribution in [3.63, 3.8) is 0 Å². The van der Waals surface area contributed by atoms with Crippen LogP contribution in [0, 0.1) is 0 Å². The van der Waals surface area contributed by atoms with E-state index < -0.39 is 12.2 Å². The van der Waals surface area contributed by atoms with Crippen LogP contribution >= 0.6 is 0 Å². The number of piperidine rings is 1. The number of aliphatic hydroxyl groups excluding tert-OH is 1. The lowest BCUT2D eigenvalue weighted by Crippen LogP contribution is -2.43. The molecule has 4 heteroatoms. The number of carbonyl (C=O) groups is 1. The number of amides is 1. The van der Waals surface area contributed by atoms with Gasteiger partial charge in [-0.2, -0.15) is 0 Å². The zero-order valence-electron chi connectivity index (χ0n) is 12.9. The third-order valence-corrected chi connectivity index (χ3v) is 3.98. The molecule has 0 spiro atoms. The van der Waals surface area contributed by atoms with Gasteiger partial charge in [0.1, 0.15) is 5.75 Å². The summed E-state index contributed by atoms with van der Waals surface area (Å²) in [6.45, 7) is 5.42. The molecule has 0 aliphatic carbocycles. The second-order valence-electron chi connectivity index (χ2n) is 5.64. The molecule has 1 aromatic carbocycles. The summed E-state index contributed by atoms with van der Waals surface area (Å²) < 4.78 is 5.72. The second-order valence-corrected chi connectivity index (χ2v) is 5.64. The number of carbonyl (C=O) groups excluding carboxylic acids is 1. The fraction of sp³-hybridized carbons (Fsp3) is 0.588. The molecule has 0 saturated carbocycles. The Kier molecular flexibility index (Phi) is 5.62. The number of hydrogen-bond donors (Lipinski definition) is 1. The first kappa shape index (κ1) is 15.8. The van der Waals surface area contributed by atoms with E-state index in [1.165, 1.54) is 6.42 Å². The minimum Gasteiger partial charge on any atom is -0.481 e. The zero-order valence-corrected chi connectivity index (χ0v) is 12.9. The van der Waals surface area contributed by atoms with Gasteiger partial charge in [0.2, 0.25) is 0 Å². The van der Waals surface area contributed by atoms with E-state index in [9.17, 15) is 9.90 Å². The van der Waals surface area contributed by atoms with Crippen LogP contribution in [0.25, 0.3) is 0 Å². The van der Waals surface area contributed by atoms with Crippen LogP contribution < -0.4 is 4.74 Å². The third kappa shape index (κ3) is 4.21. The maximum atomic E-state index is 12.3. The van der Waals surface area contributed by atoms with Crippen molar-refractivity contribution in [1.82, 2.24) is 4.90 Å². The molecule has 4 nitrogen and oxygen atoms in total. The van der Waals surface area contributed by atoms with E-state index in [2.05, 4.69) is 0 Å². The van der Waals surface area contributed by atoms with Crippen molar-refractivity contribution in [2.75, 3.05) is 13.1 Å². The van der Waals surface area contributed by atoms with Crippen molar-refractivity contribution in [2.45, 2.75) is 51.7 Å². The van der Waals surface area contributed by atoms with Crippen molar-refractivity contribution in [1.29, 1.82) is 0 Å². The summed E-state index contributed by atoms with van der Waals surface area (Å²) in [6, 6.07) is 7.32. The predicted molar refractivity (Wildman–Crippen MR) is 82.2 cm³/mol. The van der Waals surface area contributed by atoms with Gasteiger partial charge in [-0.3, -0.25) is 4.79 Å². The van der Waals surface area contributed by atoms with Gasteiger partial charge in [0.15, 0.2) is 6.10 Å². The minimum absolute atomic E-state index is 0.0624. The summed E-state index contributed by atoms with van der Waals surface area (Å²) in [5, 5.41) is 9.76. The molecule has 1 heterocycles. The lowest BCUT2D eigenvalue weighted by molar-refractivity contribution is -0.138. The van der Waals surface area contributed by atoms with Gasteiger partial charge in [0, 0.05) is 13.1 Å². The molecule has 1 aliphatic rings. The van der Waals surface area contributed by atoms with E-state index in [1.807, 2.05) is 36.1 Å². The maximum absolute atomic E-state index is 12.3. The van der Waals surface area contributed by atoms with Gasteiger partial charge in [-0.15, -0.1) is 0 Å². The Labute approximate surface area is 126 Å². The Morgan fingerprint density at radius 2 is 1.86 bits per heavy atom. The number of benzene rings is 1. The van der Waals surface area contributed by atoms with Crippen LogP contribution in [0.2, 0.25) is 0 Å². The van der Waals surface area contributed by atoms with E-state index >= 15 is 0 Å². The summed E-state index contributed by atoms with van der Waals surface area (Å²) in [7, 11) is 0. The van der Waals surface area contributed by atoms with Crippen LogP contribution in [-0.2, 0) is 4.79 Å². The van der Waals surface area contributed by atoms with E-state index in [1.54, 1.807) is 6.92 Å². The molecule has 1 aromatic rings. The number of likely N-dealkylation sites (tertiary alicyclic amines) is 1. The smallest absolute Gasteiger partial charge is 0.263 e. The normalized spacial score (nSPS) is 18.1. The highest BCUT2D eigenvalue weighted by molar-refractivity contribution is 5.81. The summed E-state index contributed by atoms with van der Waals surface area (Å²) in [4.78, 5) is 14.2. The van der Waals surface area contributed by atoms with Gasteiger partial charge in [-0.1, -0.05) is 19.1 Å². The summed E-state index contributed by atoms with van der Waals surface area (Å²) in [5.41, 5.74) is 0.875. The van der Waals surface area contributed by atoms with Crippen LogP contribution in [0.1, 0.15) is 51.2 Å². The fourth-order valence-electron chi connectivity index (χ4n) is 2.63. The van der Waals surface area contributed by atoms with Gasteiger partial charge in [-0.25, -0.2) is 0 Å². The molecule has 2 atom stereocenters. The average Bonchev–Trinajstić information content (AvgIpc) is 2.55. The highest BCUT2D eigenvalue weighted by Gasteiger charge is 2.23. The standard InChI is InChI=1S/C17H25NO3/c1-3-16(19)14-7-9-15(10-8-14)21-13(2)17(20)18-11-5-4-6-12-18/h7-10,13,16,19H,3-6,11-12H2,1-2H3. The van der Waals surface area contributed by atoms with Gasteiger partial charge in [0.25, 0.3) is 5.91 Å². The molecule has 1 fully saturated rings. The zero-order chi connectivity index (χ0) is 15.2. The topological polar surface area (TPSA) is 49.8 Å². The number of rotatable bonds is 5. The highest BCUT2D eigenvalue weighted by Crippen LogP contribution is 2.21. The first-order chi connectivity index (χ1) is 10.1. The van der Waals surface area contributed by atoms with Crippen LogP contribution in [0.3, 0.4) is 0 Å². The molecule has 0 radical (unpaired) electrons. The molecule has 1 N–H and O–H groups in total. The van der Waals surface area contributed by atoms with Gasteiger partial charge in [0.05, 0.1) is 6.10 Å². The van der Waals surface area contributed by atoms with Gasteiger partial charge >= 0.3 is 0 Å². The van der Waals surface area contributed by atoms with Gasteiger partial charge in [-0.05, 0) is 50.3 Å². The third-order valence-electron chi connectivity index (χ3n) is 3.98. The molecule has 2 rings (SSSR count). The maximum Gasteiger partial charge on any atom is 0.263 e. The Morgan fingerprint density at radius 3 is 2.43 bits per heavy atom. The van der Waals surface area contributed by atoms with Crippen LogP contribution in [0.15, 0.2) is 24.3 Å². The molecule has 0 bridgehead atoms. The minimum atomic E-state index is -0.468. The SMILES string of the molecule is CCC(O)c1ccc(OC(C)C(=O)N2CCCCC2)cc1. The molecule has 2 unspecified atom stereocenters. The summed E-state index contributed by atoms with van der Waals surface area (Å²) in [5.74, 6) is 0.729. The summed E-state index contributed by atoms with van der Waals surface area (Å²) in [6.07, 6.45) is 3.16. The van der Waals surface area contributed by atoms with Crippen molar-refractivity contribution in [3.05, 3.63) is 29.8 Å². The molecular weight excluding hydrogens is 266 g/mol. The molecule has 1 saturated heterocycles. The first-order valence-electron chi connectivity index (χ1n) is 7.85. The second kappa shape index (κ2) is 7.46. The Balaban J connectivity index is 1.92. The molecule has 1 amide bonds. The lowest BCUT2D eigenvalue weighted by atomic mass is 10.1. The van der Waals surface area contributed by atoms with Crippen molar-refractivity contribution < 1.29 is 14.6 Å². The van der Waals surface area contributed by atoms with Crippen molar-refractivity contribution in [2.24, 2.45) is 0 Å². The molecule has 0 aromatic heterocycles. The predicted octanol–water partition coefficient (Wildman–Crippen LogP) is 2.91. The first-order valence-corrected chi connectivity index (χ1v) is 7.85.